The van der Waals surface area contributed by atoms with Gasteiger partial charge in [0.25, 0.3) is 0 Å². The number of benzene rings is 1. The zero-order valence-electron chi connectivity index (χ0n) is 15.4. The van der Waals surface area contributed by atoms with Crippen molar-refractivity contribution in [2.45, 2.75) is 45.4 Å². The van der Waals surface area contributed by atoms with E-state index in [1.807, 2.05) is 0 Å². The second kappa shape index (κ2) is 7.96. The van der Waals surface area contributed by atoms with Crippen molar-refractivity contribution in [1.29, 1.82) is 0 Å². The van der Waals surface area contributed by atoms with Gasteiger partial charge >= 0.3 is 17.7 Å². The fraction of sp³-hybridized carbons (Fsp3) is 0.444. The Morgan fingerprint density at radius 1 is 1.37 bits per heavy atom. The van der Waals surface area contributed by atoms with E-state index in [0.29, 0.717) is 11.3 Å². The number of carbonyl (C=O) groups is 2. The monoisotopic (exact) mass is 396 g/mol. The van der Waals surface area contributed by atoms with Crippen LogP contribution in [0.4, 0.5) is 0 Å². The van der Waals surface area contributed by atoms with E-state index < -0.39 is 34.5 Å². The largest absolute Gasteiger partial charge is 0.463 e. The number of nitrogens with one attached hydrogen (secondary N) is 1. The fourth-order valence-corrected chi connectivity index (χ4v) is 3.67. The molecule has 0 saturated carbocycles. The molecule has 146 valence electrons. The van der Waals surface area contributed by atoms with Crippen LogP contribution in [0, 0.1) is 10.1 Å². The van der Waals surface area contributed by atoms with Crippen molar-refractivity contribution >= 4 is 23.5 Å². The third-order valence-electron chi connectivity index (χ3n) is 4.46. The van der Waals surface area contributed by atoms with Crippen LogP contribution in [0.1, 0.15) is 39.2 Å². The highest BCUT2D eigenvalue weighted by atomic mass is 35.5. The summed E-state index contributed by atoms with van der Waals surface area (Å²) in [5.74, 6) is -2.83. The Hall–Kier alpha value is -2.61. The predicted molar refractivity (Wildman–Crippen MR) is 97.6 cm³/mol. The number of nitrogens with zero attached hydrogens (tertiary/aromatic N) is 1. The van der Waals surface area contributed by atoms with Gasteiger partial charge in [0.15, 0.2) is 0 Å². The molecule has 0 saturated heterocycles. The molecular weight excluding hydrogens is 376 g/mol. The smallest absolute Gasteiger partial charge is 0.396 e. The highest BCUT2D eigenvalue weighted by Crippen LogP contribution is 2.46. The van der Waals surface area contributed by atoms with Gasteiger partial charge in [-0.3, -0.25) is 14.9 Å². The van der Waals surface area contributed by atoms with Gasteiger partial charge in [0, 0.05) is 17.6 Å². The molecule has 1 aliphatic heterocycles. The van der Waals surface area contributed by atoms with Gasteiger partial charge in [0.05, 0.1) is 17.1 Å². The molecule has 0 amide bonds. The van der Waals surface area contributed by atoms with Crippen LogP contribution in [0.25, 0.3) is 0 Å². The van der Waals surface area contributed by atoms with Crippen molar-refractivity contribution in [1.82, 2.24) is 5.32 Å². The minimum absolute atomic E-state index is 0.000926. The van der Waals surface area contributed by atoms with Crippen LogP contribution in [0.5, 0.6) is 0 Å². The van der Waals surface area contributed by atoms with E-state index in [2.05, 4.69) is 5.32 Å². The van der Waals surface area contributed by atoms with Crippen molar-refractivity contribution in [2.75, 3.05) is 6.61 Å². The van der Waals surface area contributed by atoms with Gasteiger partial charge < -0.3 is 14.8 Å². The predicted octanol–water partition coefficient (Wildman–Crippen LogP) is 2.79. The maximum absolute atomic E-state index is 12.7. The molecule has 3 atom stereocenters. The standard InChI is InChI=1S/C18H21ClN2O6/c1-5-26-17(23)15-10(2)20-11(3)18(21(24)25,27-12(4)22)16(15)13-8-6-7-9-14(13)19/h6-9,11,16,20H,5H2,1-4H3. The van der Waals surface area contributed by atoms with E-state index in [9.17, 15) is 19.7 Å². The molecule has 27 heavy (non-hydrogen) atoms. The van der Waals surface area contributed by atoms with Crippen molar-refractivity contribution in [2.24, 2.45) is 0 Å². The molecule has 0 aromatic heterocycles. The third kappa shape index (κ3) is 3.62. The molecule has 2 rings (SSSR count). The molecule has 1 aromatic carbocycles. The summed E-state index contributed by atoms with van der Waals surface area (Å²) in [6.07, 6.45) is 0. The molecule has 0 radical (unpaired) electrons. The minimum atomic E-state index is -2.28. The van der Waals surface area contributed by atoms with Crippen LogP contribution < -0.4 is 5.32 Å². The summed E-state index contributed by atoms with van der Waals surface area (Å²) in [5.41, 5.74) is -1.58. The third-order valence-corrected chi connectivity index (χ3v) is 4.81. The van der Waals surface area contributed by atoms with E-state index in [0.717, 1.165) is 6.92 Å². The zero-order chi connectivity index (χ0) is 20.4. The average molecular weight is 397 g/mol. The molecule has 9 heteroatoms. The van der Waals surface area contributed by atoms with Gasteiger partial charge in [-0.25, -0.2) is 4.79 Å². The fourth-order valence-electron chi connectivity index (χ4n) is 3.42. The van der Waals surface area contributed by atoms with E-state index in [4.69, 9.17) is 21.1 Å². The quantitative estimate of drug-likeness (QED) is 0.353. The van der Waals surface area contributed by atoms with Crippen LogP contribution in [0.15, 0.2) is 35.5 Å². The molecule has 8 nitrogen and oxygen atoms in total. The number of esters is 2. The summed E-state index contributed by atoms with van der Waals surface area (Å²) in [4.78, 5) is 36.0. The first-order valence-electron chi connectivity index (χ1n) is 8.39. The first-order valence-corrected chi connectivity index (χ1v) is 8.77. The summed E-state index contributed by atoms with van der Waals surface area (Å²) < 4.78 is 10.4. The maximum Gasteiger partial charge on any atom is 0.396 e. The molecule has 1 N–H and O–H groups in total. The van der Waals surface area contributed by atoms with E-state index in [1.54, 1.807) is 38.1 Å². The molecule has 0 bridgehead atoms. The molecule has 1 aliphatic rings. The summed E-state index contributed by atoms with van der Waals surface area (Å²) in [5, 5.41) is 15.3. The highest BCUT2D eigenvalue weighted by Gasteiger charge is 2.64. The molecular formula is C18H21ClN2O6. The average Bonchev–Trinajstić information content (AvgIpc) is 2.57. The number of carbonyl (C=O) groups excluding carboxylic acids is 2. The Labute approximate surface area is 161 Å². The van der Waals surface area contributed by atoms with Gasteiger partial charge in [-0.2, -0.15) is 0 Å². The number of nitro groups is 1. The molecule has 0 aliphatic carbocycles. The number of halogens is 1. The zero-order valence-corrected chi connectivity index (χ0v) is 16.2. The van der Waals surface area contributed by atoms with Crippen LogP contribution in [0.3, 0.4) is 0 Å². The number of allylic oxidation sites excluding steroid dienone is 1. The normalized spacial score (nSPS) is 24.8. The van der Waals surface area contributed by atoms with Gasteiger partial charge in [0.2, 0.25) is 0 Å². The van der Waals surface area contributed by atoms with Crippen molar-refractivity contribution < 1.29 is 24.0 Å². The topological polar surface area (TPSA) is 108 Å². The van der Waals surface area contributed by atoms with E-state index >= 15 is 0 Å². The second-order valence-corrected chi connectivity index (χ2v) is 6.59. The van der Waals surface area contributed by atoms with Gasteiger partial charge in [-0.15, -0.1) is 0 Å². The van der Waals surface area contributed by atoms with Gasteiger partial charge in [-0.1, -0.05) is 29.8 Å². The van der Waals surface area contributed by atoms with Crippen LogP contribution >= 0.6 is 11.6 Å². The second-order valence-electron chi connectivity index (χ2n) is 6.18. The molecule has 1 heterocycles. The summed E-state index contributed by atoms with van der Waals surface area (Å²) in [6, 6.07) is 5.50. The number of hydrogen-bond donors (Lipinski definition) is 1. The van der Waals surface area contributed by atoms with Crippen LogP contribution in [-0.2, 0) is 19.1 Å². The Balaban J connectivity index is 2.85. The van der Waals surface area contributed by atoms with Gasteiger partial charge in [-0.05, 0) is 32.4 Å². The lowest BCUT2D eigenvalue weighted by atomic mass is 9.75. The summed E-state index contributed by atoms with van der Waals surface area (Å²) in [6.45, 7) is 5.92. The van der Waals surface area contributed by atoms with Crippen LogP contribution in [-0.4, -0.2) is 35.2 Å². The first-order chi connectivity index (χ1) is 12.7. The Bertz CT molecular complexity index is 809. The maximum atomic E-state index is 12.7. The Morgan fingerprint density at radius 2 is 2.00 bits per heavy atom. The van der Waals surface area contributed by atoms with E-state index in [1.165, 1.54) is 6.92 Å². The number of rotatable bonds is 5. The number of ether oxygens (including phenoxy) is 2. The summed E-state index contributed by atoms with van der Waals surface area (Å²) >= 11 is 6.31. The molecule has 3 unspecified atom stereocenters. The molecule has 1 aromatic rings. The minimum Gasteiger partial charge on any atom is -0.463 e. The van der Waals surface area contributed by atoms with Gasteiger partial charge in [0.1, 0.15) is 12.0 Å². The van der Waals surface area contributed by atoms with Crippen molar-refractivity contribution in [3.63, 3.8) is 0 Å². The van der Waals surface area contributed by atoms with E-state index in [-0.39, 0.29) is 17.2 Å². The van der Waals surface area contributed by atoms with Crippen molar-refractivity contribution in [3.8, 4) is 0 Å². The lowest BCUT2D eigenvalue weighted by Gasteiger charge is -2.41. The summed E-state index contributed by atoms with van der Waals surface area (Å²) in [7, 11) is 0. The van der Waals surface area contributed by atoms with Crippen LogP contribution in [0.2, 0.25) is 5.02 Å². The molecule has 0 spiro atoms. The van der Waals surface area contributed by atoms with Crippen molar-refractivity contribution in [3.05, 3.63) is 56.2 Å². The molecule has 0 fully saturated rings. The first kappa shape index (κ1) is 20.7. The lowest BCUT2D eigenvalue weighted by molar-refractivity contribution is -0.630. The highest BCUT2D eigenvalue weighted by molar-refractivity contribution is 6.31. The Kier molecular flexibility index (Phi) is 6.10. The lowest BCUT2D eigenvalue weighted by Crippen LogP contribution is -2.64. The number of hydrogen-bond acceptors (Lipinski definition) is 7. The Morgan fingerprint density at radius 3 is 2.52 bits per heavy atom. The SMILES string of the molecule is CCOC(=O)C1=C(C)NC(C)C(OC(C)=O)([N+](=O)[O-])C1c1ccccc1Cl.